The molecular weight excluding hydrogens is 1290 g/mol. The highest BCUT2D eigenvalue weighted by Gasteiger charge is 2.70. The molecule has 10 fully saturated rings. The summed E-state index contributed by atoms with van der Waals surface area (Å²) in [5.41, 5.74) is -2.98. The molecule has 34 nitrogen and oxygen atoms in total. The number of carbonyl (C=O) groups excluding carboxylic acids is 1. The third-order valence-corrected chi connectivity index (χ3v) is 23.2. The third-order valence-electron chi connectivity index (χ3n) is 23.2. The van der Waals surface area contributed by atoms with Gasteiger partial charge in [0.1, 0.15) is 110 Å². The third kappa shape index (κ3) is 14.8. The SMILES string of the molecule is C[C@@H](CC[C@@]1(O)O[C@H]2C[C@H]3[C@@H]4C[C@@H](O)[C@H]5C[C@@H](O[C@@H]6O[C@H](CO)[C@H](O[C@@H]7O[C@H](CO)[C@@H](O)[C@H](O[C@@H]8OC[C@@H](OC(=O)C[C@@](C)(O)CC(=O)O)[C@H](O)[C@H]8O)[C@H]7O[C@@H]7O[C@H](CO)[C@@H](O)[C@H](O)[C@H]7O)[C@H](O)[C@H]6O)[C@H](O)C[C@]5(C)[C@H]4CC[C@]3(C)[C@H]2[C@@H]1C)CO[C@@H]1O[C@H](CO)[C@@H](O)[C@H](O)[C@H]1O. The molecule has 554 valence electrons. The maximum Gasteiger partial charge on any atom is 0.309 e. The Morgan fingerprint density at radius 2 is 1.12 bits per heavy atom. The molecule has 4 saturated carbocycles. The van der Waals surface area contributed by atoms with E-state index in [1.54, 1.807) is 0 Å². The van der Waals surface area contributed by atoms with E-state index < -0.39 is 246 Å². The predicted molar refractivity (Wildman–Crippen MR) is 312 cm³/mol. The zero-order valence-electron chi connectivity index (χ0n) is 54.2. The van der Waals surface area contributed by atoms with Crippen LogP contribution in [0.1, 0.15) is 98.8 Å². The fourth-order valence-electron chi connectivity index (χ4n) is 17.9. The van der Waals surface area contributed by atoms with E-state index >= 15 is 0 Å². The molecule has 6 heterocycles. The van der Waals surface area contributed by atoms with E-state index in [-0.39, 0.29) is 72.9 Å². The van der Waals surface area contributed by atoms with Crippen molar-refractivity contribution >= 4 is 11.9 Å². The molecule has 0 amide bonds. The number of aliphatic hydroxyl groups is 19. The van der Waals surface area contributed by atoms with Gasteiger partial charge in [-0.1, -0.05) is 27.7 Å². The standard InChI is InChI=1S/C62H102O34/c1-22(20-85-54-48(80)44(76)40(72)32(16-63)89-54)6-9-62(84)23(2)39-31(96-62)11-26-24-10-28(67)27-12-30(29(68)13-61(27,5)25(24)7-8-60(26,39)4)88-56-50(82)46(78)51(35(19-66)92-56)93-58-53(95-57-49(81)45(77)41(73)33(17-64)90-57)52(43(75)34(18-65)91-58)94-55-47(79)42(74)36(21-86-55)87-38(71)15-59(3,83)14-37(69)70/h22-36,39-58,63-68,72-84H,6-21H2,1-5H3,(H,69,70)/t22-,23-,24+,25-,26-,27+,28+,29+,30+,31-,32+,33+,34+,35+,36+,39-,40+,41+,42-,43+,44-,45-,46+,47+,48+,49+,50+,51-,52-,53+,54+,55-,56+,57-,58-,59-,60-,61+,62+/m0/s1. The Hall–Kier alpha value is -2.26. The first-order valence-corrected chi connectivity index (χ1v) is 33.4. The molecule has 10 rings (SSSR count). The summed E-state index contributed by atoms with van der Waals surface area (Å²) in [6.45, 7) is 5.09. The molecule has 0 spiro atoms. The van der Waals surface area contributed by atoms with Crippen LogP contribution in [0.5, 0.6) is 0 Å². The maximum absolute atomic E-state index is 12.7. The largest absolute Gasteiger partial charge is 0.481 e. The van der Waals surface area contributed by atoms with Gasteiger partial charge in [0.2, 0.25) is 0 Å². The molecule has 39 atom stereocenters. The zero-order valence-corrected chi connectivity index (χ0v) is 54.2. The normalized spacial score (nSPS) is 52.1. The van der Waals surface area contributed by atoms with Gasteiger partial charge in [0.05, 0.1) is 82.5 Å². The molecule has 0 radical (unpaired) electrons. The highest BCUT2D eigenvalue weighted by molar-refractivity contribution is 5.74. The number of rotatable bonds is 23. The van der Waals surface area contributed by atoms with Gasteiger partial charge in [-0.25, -0.2) is 0 Å². The molecule has 0 bridgehead atoms. The quantitative estimate of drug-likeness (QED) is 0.0334. The smallest absolute Gasteiger partial charge is 0.309 e. The molecule has 10 aliphatic rings. The van der Waals surface area contributed by atoms with Crippen LogP contribution in [-0.2, 0) is 66.4 Å². The van der Waals surface area contributed by atoms with Crippen molar-refractivity contribution in [3.05, 3.63) is 0 Å². The molecule has 6 aliphatic heterocycles. The summed E-state index contributed by atoms with van der Waals surface area (Å²) in [5.74, 6) is -4.81. The van der Waals surface area contributed by atoms with Crippen molar-refractivity contribution in [2.75, 3.05) is 39.6 Å². The van der Waals surface area contributed by atoms with E-state index in [1.807, 2.05) is 13.8 Å². The van der Waals surface area contributed by atoms with Crippen molar-refractivity contribution < 1.29 is 169 Å². The van der Waals surface area contributed by atoms with Gasteiger partial charge < -0.3 is 159 Å². The predicted octanol–water partition coefficient (Wildman–Crippen LogP) is -7.38. The van der Waals surface area contributed by atoms with E-state index in [4.69, 9.17) is 61.9 Å². The summed E-state index contributed by atoms with van der Waals surface area (Å²) in [6.07, 6.45) is -45.6. The summed E-state index contributed by atoms with van der Waals surface area (Å²) < 4.78 is 71.0. The number of fused-ring (bicyclic) bond motifs is 7. The van der Waals surface area contributed by atoms with Gasteiger partial charge in [0.25, 0.3) is 0 Å². The summed E-state index contributed by atoms with van der Waals surface area (Å²) in [6, 6.07) is 0. The lowest BCUT2D eigenvalue weighted by Crippen LogP contribution is -2.68. The van der Waals surface area contributed by atoms with Crippen molar-refractivity contribution in [1.82, 2.24) is 0 Å². The molecule has 6 saturated heterocycles. The van der Waals surface area contributed by atoms with Crippen molar-refractivity contribution in [3.63, 3.8) is 0 Å². The van der Waals surface area contributed by atoms with E-state index in [2.05, 4.69) is 13.8 Å². The number of carboxylic acids is 1. The van der Waals surface area contributed by atoms with Crippen LogP contribution in [0.25, 0.3) is 0 Å². The summed E-state index contributed by atoms with van der Waals surface area (Å²) in [5, 5.41) is 218. The zero-order chi connectivity index (χ0) is 70.2. The Morgan fingerprint density at radius 1 is 0.573 bits per heavy atom. The number of carboxylic acid groups (broad SMARTS) is 1. The molecular formula is C62H102O34. The highest BCUT2D eigenvalue weighted by Crippen LogP contribution is 2.71. The van der Waals surface area contributed by atoms with E-state index in [9.17, 15) is 107 Å². The monoisotopic (exact) mass is 1390 g/mol. The van der Waals surface area contributed by atoms with Gasteiger partial charge >= 0.3 is 11.9 Å². The Bertz CT molecular complexity index is 2570. The average molecular weight is 1390 g/mol. The topological polar surface area (TPSA) is 550 Å². The number of hydrogen-bond acceptors (Lipinski definition) is 33. The molecule has 0 unspecified atom stereocenters. The second-order valence-corrected chi connectivity index (χ2v) is 29.6. The van der Waals surface area contributed by atoms with Gasteiger partial charge in [-0.3, -0.25) is 9.59 Å². The summed E-state index contributed by atoms with van der Waals surface area (Å²) >= 11 is 0. The Labute approximate surface area is 553 Å². The number of aliphatic carboxylic acids is 1. The maximum atomic E-state index is 12.7. The lowest BCUT2D eigenvalue weighted by Gasteiger charge is -2.63. The fraction of sp³-hybridized carbons (Fsp3) is 0.968. The molecule has 20 N–H and O–H groups in total. The van der Waals surface area contributed by atoms with Gasteiger partial charge in [0, 0.05) is 12.3 Å². The molecule has 34 heteroatoms. The highest BCUT2D eigenvalue weighted by atomic mass is 16.8. The van der Waals surface area contributed by atoms with Crippen LogP contribution >= 0.6 is 0 Å². The van der Waals surface area contributed by atoms with Gasteiger partial charge in [-0.2, -0.15) is 0 Å². The van der Waals surface area contributed by atoms with Crippen LogP contribution in [0.3, 0.4) is 0 Å². The molecule has 96 heavy (non-hydrogen) atoms. The summed E-state index contributed by atoms with van der Waals surface area (Å²) in [7, 11) is 0. The molecule has 0 aromatic heterocycles. The first-order valence-electron chi connectivity index (χ1n) is 33.4. The minimum Gasteiger partial charge on any atom is -0.481 e. The van der Waals surface area contributed by atoms with Crippen LogP contribution < -0.4 is 0 Å². The van der Waals surface area contributed by atoms with Crippen LogP contribution in [-0.4, -0.2) is 337 Å². The number of carbonyl (C=O) groups is 2. The Morgan fingerprint density at radius 3 is 1.76 bits per heavy atom. The van der Waals surface area contributed by atoms with E-state index in [0.717, 1.165) is 19.8 Å². The second-order valence-electron chi connectivity index (χ2n) is 29.6. The second kappa shape index (κ2) is 30.2. The van der Waals surface area contributed by atoms with Crippen LogP contribution in [0.2, 0.25) is 0 Å². The molecule has 0 aromatic rings. The number of aliphatic hydroxyl groups excluding tert-OH is 17. The lowest BCUT2D eigenvalue weighted by atomic mass is 9.43. The van der Waals surface area contributed by atoms with Crippen molar-refractivity contribution in [2.24, 2.45) is 52.3 Å². The first kappa shape index (κ1) is 76.4. The van der Waals surface area contributed by atoms with Gasteiger partial charge in [-0.15, -0.1) is 0 Å². The van der Waals surface area contributed by atoms with Gasteiger partial charge in [-0.05, 0) is 98.2 Å². The van der Waals surface area contributed by atoms with E-state index in [0.29, 0.717) is 19.3 Å². The van der Waals surface area contributed by atoms with E-state index in [1.165, 1.54) is 0 Å². The Balaban J connectivity index is 0.785. The fourth-order valence-corrected chi connectivity index (χ4v) is 17.9. The summed E-state index contributed by atoms with van der Waals surface area (Å²) in [4.78, 5) is 23.9. The lowest BCUT2D eigenvalue weighted by molar-refractivity contribution is -0.404. The van der Waals surface area contributed by atoms with Crippen LogP contribution in [0.15, 0.2) is 0 Å². The number of ether oxygens (including phenoxy) is 12. The minimum atomic E-state index is -2.16. The average Bonchev–Trinajstić information content (AvgIpc) is 1.37. The van der Waals surface area contributed by atoms with Crippen LogP contribution in [0.4, 0.5) is 0 Å². The first-order chi connectivity index (χ1) is 45.1. The molecule has 4 aliphatic carbocycles. The minimum absolute atomic E-state index is 0.0187. The van der Waals surface area contributed by atoms with Crippen molar-refractivity contribution in [3.8, 4) is 0 Å². The van der Waals surface area contributed by atoms with Crippen molar-refractivity contribution in [1.29, 1.82) is 0 Å². The number of esters is 1. The van der Waals surface area contributed by atoms with Gasteiger partial charge in [0.15, 0.2) is 43.3 Å². The molecule has 0 aromatic carbocycles. The van der Waals surface area contributed by atoms with Crippen molar-refractivity contribution in [2.45, 2.75) is 282 Å². The van der Waals surface area contributed by atoms with Crippen LogP contribution in [0, 0.1) is 52.3 Å². The number of hydrogen-bond donors (Lipinski definition) is 20. The Kier molecular flexibility index (Phi) is 24.0.